The summed E-state index contributed by atoms with van der Waals surface area (Å²) in [5.41, 5.74) is 2.38. The number of aliphatic hydroxyl groups is 4. The van der Waals surface area contributed by atoms with Crippen LogP contribution in [0.1, 0.15) is 38.4 Å². The van der Waals surface area contributed by atoms with Gasteiger partial charge < -0.3 is 34.9 Å². The average Bonchev–Trinajstić information content (AvgIpc) is 3.17. The van der Waals surface area contributed by atoms with Gasteiger partial charge in [0.2, 0.25) is 0 Å². The maximum absolute atomic E-state index is 12.4. The number of nitrogens with zero attached hydrogens (tertiary/aromatic N) is 1. The fourth-order valence-corrected chi connectivity index (χ4v) is 3.20. The van der Waals surface area contributed by atoms with Gasteiger partial charge in [-0.15, -0.1) is 0 Å². The molecule has 0 aliphatic rings. The maximum atomic E-state index is 12.4. The van der Waals surface area contributed by atoms with Gasteiger partial charge in [-0.05, 0) is 28.3 Å². The molecule has 0 aliphatic heterocycles. The zero-order chi connectivity index (χ0) is 23.0. The lowest BCUT2D eigenvalue weighted by Crippen LogP contribution is -2.05. The van der Waals surface area contributed by atoms with Crippen LogP contribution in [-0.4, -0.2) is 64.5 Å². The van der Waals surface area contributed by atoms with Crippen LogP contribution in [0.4, 0.5) is 0 Å². The van der Waals surface area contributed by atoms with E-state index in [1.54, 1.807) is 12.1 Å². The number of benzene rings is 1. The average molecular weight is 432 g/mol. The highest BCUT2D eigenvalue weighted by Gasteiger charge is 2.25. The van der Waals surface area contributed by atoms with E-state index in [-0.39, 0.29) is 23.6 Å². The van der Waals surface area contributed by atoms with Gasteiger partial charge in [0.05, 0.1) is 39.7 Å². The number of carbonyl (C=O) groups excluding carboxylic acids is 2. The van der Waals surface area contributed by atoms with Crippen LogP contribution in [0.5, 0.6) is 0 Å². The lowest BCUT2D eigenvalue weighted by Gasteiger charge is -2.16. The number of aromatic amines is 1. The molecule has 0 bridgehead atoms. The monoisotopic (exact) mass is 432 g/mol. The summed E-state index contributed by atoms with van der Waals surface area (Å²) >= 11 is 0. The second kappa shape index (κ2) is 11.2. The lowest BCUT2D eigenvalue weighted by atomic mass is 9.90. The molecule has 10 heteroatoms. The molecule has 0 amide bonds. The van der Waals surface area contributed by atoms with E-state index in [1.165, 1.54) is 26.5 Å². The summed E-state index contributed by atoms with van der Waals surface area (Å²) in [4.78, 5) is 30.7. The van der Waals surface area contributed by atoms with Crippen LogP contribution in [0.25, 0.3) is 17.2 Å². The number of hydrogen-bond acceptors (Lipinski definition) is 9. The fourth-order valence-electron chi connectivity index (χ4n) is 3.20. The molecule has 31 heavy (non-hydrogen) atoms. The number of hydrogen-bond donors (Lipinski definition) is 5. The van der Waals surface area contributed by atoms with Crippen LogP contribution in [0.15, 0.2) is 23.2 Å². The van der Waals surface area contributed by atoms with Crippen molar-refractivity contribution >= 4 is 24.2 Å². The molecule has 166 valence electrons. The zero-order valence-corrected chi connectivity index (χ0v) is 17.1. The minimum Gasteiger partial charge on any atom is -0.466 e. The molecule has 5 N–H and O–H groups in total. The van der Waals surface area contributed by atoms with Gasteiger partial charge in [-0.2, -0.15) is 0 Å². The molecular formula is C21H24N2O8. The summed E-state index contributed by atoms with van der Waals surface area (Å²) in [6.07, 6.45) is 3.75. The predicted octanol–water partition coefficient (Wildman–Crippen LogP) is 0.500. The van der Waals surface area contributed by atoms with E-state index in [0.29, 0.717) is 27.8 Å². The second-order valence-corrected chi connectivity index (χ2v) is 6.21. The molecule has 0 saturated heterocycles. The van der Waals surface area contributed by atoms with Crippen molar-refractivity contribution in [2.24, 2.45) is 4.99 Å². The molecule has 0 spiro atoms. The summed E-state index contributed by atoms with van der Waals surface area (Å²) < 4.78 is 9.44. The Kier molecular flexibility index (Phi) is 8.64. The molecule has 0 atom stereocenters. The van der Waals surface area contributed by atoms with Gasteiger partial charge in [0.25, 0.3) is 0 Å². The maximum Gasteiger partial charge on any atom is 0.355 e. The molecule has 0 radical (unpaired) electrons. The SMILES string of the molecule is COC(=O)/C=C/c1c(C(=O)OC)[nH]c(C=NCO)c1-c1ccc(CO)c(CO)c1CO. The first-order valence-corrected chi connectivity index (χ1v) is 9.14. The quantitative estimate of drug-likeness (QED) is 0.217. The molecule has 0 fully saturated rings. The van der Waals surface area contributed by atoms with E-state index in [2.05, 4.69) is 14.7 Å². The Labute approximate surface area is 178 Å². The normalized spacial score (nSPS) is 11.4. The lowest BCUT2D eigenvalue weighted by molar-refractivity contribution is -0.134. The van der Waals surface area contributed by atoms with Gasteiger partial charge in [-0.1, -0.05) is 12.1 Å². The van der Waals surface area contributed by atoms with Crippen molar-refractivity contribution in [3.05, 3.63) is 51.9 Å². The molecule has 0 aliphatic carbocycles. The summed E-state index contributed by atoms with van der Waals surface area (Å²) in [5, 5.41) is 38.5. The third-order valence-corrected chi connectivity index (χ3v) is 4.63. The second-order valence-electron chi connectivity index (χ2n) is 6.21. The largest absolute Gasteiger partial charge is 0.466 e. The van der Waals surface area contributed by atoms with Gasteiger partial charge in [-0.3, -0.25) is 4.99 Å². The van der Waals surface area contributed by atoms with Crippen LogP contribution in [-0.2, 0) is 34.1 Å². The molecule has 2 rings (SSSR count). The Bertz CT molecular complexity index is 1010. The minimum absolute atomic E-state index is 0.00211. The molecule has 10 nitrogen and oxygen atoms in total. The highest BCUT2D eigenvalue weighted by molar-refractivity contribution is 6.03. The van der Waals surface area contributed by atoms with Gasteiger partial charge in [0, 0.05) is 23.4 Å². The van der Waals surface area contributed by atoms with Gasteiger partial charge >= 0.3 is 11.9 Å². The molecular weight excluding hydrogens is 408 g/mol. The van der Waals surface area contributed by atoms with Crippen molar-refractivity contribution in [3.63, 3.8) is 0 Å². The van der Waals surface area contributed by atoms with Gasteiger partial charge in [-0.25, -0.2) is 9.59 Å². The number of H-pyrrole nitrogens is 1. The Morgan fingerprint density at radius 2 is 1.74 bits per heavy atom. The third kappa shape index (κ3) is 5.06. The Morgan fingerprint density at radius 3 is 2.29 bits per heavy atom. The van der Waals surface area contributed by atoms with Gasteiger partial charge in [0.1, 0.15) is 12.4 Å². The van der Waals surface area contributed by atoms with E-state index >= 15 is 0 Å². The number of methoxy groups -OCH3 is 2. The van der Waals surface area contributed by atoms with Crippen molar-refractivity contribution in [2.75, 3.05) is 21.0 Å². The van der Waals surface area contributed by atoms with Gasteiger partial charge in [0.15, 0.2) is 0 Å². The number of esters is 2. The van der Waals surface area contributed by atoms with Crippen molar-refractivity contribution in [2.45, 2.75) is 19.8 Å². The highest BCUT2D eigenvalue weighted by Crippen LogP contribution is 2.36. The zero-order valence-electron chi connectivity index (χ0n) is 17.1. The third-order valence-electron chi connectivity index (χ3n) is 4.63. The van der Waals surface area contributed by atoms with E-state index in [4.69, 9.17) is 9.84 Å². The van der Waals surface area contributed by atoms with Crippen molar-refractivity contribution in [1.29, 1.82) is 0 Å². The van der Waals surface area contributed by atoms with Crippen molar-refractivity contribution in [1.82, 2.24) is 4.98 Å². The van der Waals surface area contributed by atoms with Crippen LogP contribution in [0.2, 0.25) is 0 Å². The Morgan fingerprint density at radius 1 is 1.03 bits per heavy atom. The number of nitrogens with one attached hydrogen (secondary N) is 1. The molecule has 1 aromatic carbocycles. The van der Waals surface area contributed by atoms with Crippen LogP contribution < -0.4 is 0 Å². The fraction of sp³-hybridized carbons (Fsp3) is 0.286. The van der Waals surface area contributed by atoms with E-state index < -0.39 is 31.9 Å². The molecule has 1 aromatic heterocycles. The van der Waals surface area contributed by atoms with E-state index in [0.717, 1.165) is 6.08 Å². The van der Waals surface area contributed by atoms with Crippen LogP contribution in [0, 0.1) is 0 Å². The van der Waals surface area contributed by atoms with E-state index in [1.807, 2.05) is 0 Å². The molecule has 1 heterocycles. The number of rotatable bonds is 9. The summed E-state index contributed by atoms with van der Waals surface area (Å²) in [6, 6.07) is 3.18. The molecule has 2 aromatic rings. The first-order valence-electron chi connectivity index (χ1n) is 9.14. The first kappa shape index (κ1) is 24.0. The highest BCUT2D eigenvalue weighted by atomic mass is 16.5. The number of aromatic nitrogens is 1. The standard InChI is InChI=1S/C21H24N2O8/c1-30-18(28)6-5-14-19(17(7-22-11-27)23-20(14)21(29)31-2)13-4-3-12(8-24)15(9-25)16(13)10-26/h3-7,23-27H,8-11H2,1-2H3/b6-5+,22-7?. The predicted molar refractivity (Wildman–Crippen MR) is 111 cm³/mol. The number of ether oxygens (including phenoxy) is 2. The van der Waals surface area contributed by atoms with Crippen LogP contribution >= 0.6 is 0 Å². The topological polar surface area (TPSA) is 162 Å². The number of carbonyl (C=O) groups is 2. The molecule has 0 unspecified atom stereocenters. The summed E-state index contributed by atoms with van der Waals surface area (Å²) in [5.74, 6) is -1.39. The number of aliphatic hydroxyl groups excluding tert-OH is 4. The minimum atomic E-state index is -0.727. The van der Waals surface area contributed by atoms with Crippen molar-refractivity contribution in [3.8, 4) is 11.1 Å². The van der Waals surface area contributed by atoms with E-state index in [9.17, 15) is 24.9 Å². The Balaban J connectivity index is 2.94. The number of aliphatic imine (C=N–C) groups is 1. The molecule has 0 saturated carbocycles. The summed E-state index contributed by atoms with van der Waals surface area (Å²) in [6.45, 7) is -1.79. The first-order chi connectivity index (χ1) is 15.0. The Hall–Kier alpha value is -3.31. The summed E-state index contributed by atoms with van der Waals surface area (Å²) in [7, 11) is 2.40. The smallest absolute Gasteiger partial charge is 0.355 e. The van der Waals surface area contributed by atoms with Crippen LogP contribution in [0.3, 0.4) is 0 Å². The van der Waals surface area contributed by atoms with Crippen molar-refractivity contribution < 1.29 is 39.5 Å².